The van der Waals surface area contributed by atoms with E-state index in [1.807, 2.05) is 24.3 Å². The Hall–Kier alpha value is -3.60. The number of ketones is 1. The molecule has 0 aromatic heterocycles. The highest BCUT2D eigenvalue weighted by Crippen LogP contribution is 2.22. The molecular formula is C23H20FNO3. The minimum atomic E-state index is -0.339. The molecule has 0 unspecified atom stereocenters. The van der Waals surface area contributed by atoms with Crippen LogP contribution in [-0.4, -0.2) is 20.0 Å². The molecule has 0 fully saturated rings. The molecule has 5 heteroatoms. The van der Waals surface area contributed by atoms with E-state index in [1.165, 1.54) is 18.2 Å². The first kappa shape index (κ1) is 19.2. The topological polar surface area (TPSA) is 47.6 Å². The lowest BCUT2D eigenvalue weighted by Crippen LogP contribution is -2.04. The minimum Gasteiger partial charge on any atom is -0.497 e. The summed E-state index contributed by atoms with van der Waals surface area (Å²) < 4.78 is 23.6. The molecule has 0 spiro atoms. The molecule has 0 amide bonds. The number of nitrogens with one attached hydrogen (secondary N) is 1. The molecule has 0 bridgehead atoms. The van der Waals surface area contributed by atoms with Crippen molar-refractivity contribution in [3.63, 3.8) is 0 Å². The maximum Gasteiger partial charge on any atom is 0.187 e. The summed E-state index contributed by atoms with van der Waals surface area (Å²) in [6.07, 6.45) is 1.50. The Labute approximate surface area is 163 Å². The van der Waals surface area contributed by atoms with Crippen molar-refractivity contribution in [2.75, 3.05) is 19.5 Å². The van der Waals surface area contributed by atoms with Crippen molar-refractivity contribution in [1.82, 2.24) is 0 Å². The van der Waals surface area contributed by atoms with E-state index in [4.69, 9.17) is 9.47 Å². The fourth-order valence-electron chi connectivity index (χ4n) is 2.62. The van der Waals surface area contributed by atoms with Crippen molar-refractivity contribution in [3.05, 3.63) is 95.8 Å². The molecule has 0 aliphatic carbocycles. The van der Waals surface area contributed by atoms with E-state index < -0.39 is 0 Å². The van der Waals surface area contributed by atoms with Crippen LogP contribution in [0.15, 0.2) is 78.9 Å². The van der Waals surface area contributed by atoms with Crippen LogP contribution in [0.2, 0.25) is 0 Å². The summed E-state index contributed by atoms with van der Waals surface area (Å²) in [4.78, 5) is 12.7. The first-order chi connectivity index (χ1) is 13.6. The molecule has 1 N–H and O–H groups in total. The van der Waals surface area contributed by atoms with E-state index >= 15 is 0 Å². The van der Waals surface area contributed by atoms with Gasteiger partial charge in [0.2, 0.25) is 0 Å². The van der Waals surface area contributed by atoms with Crippen LogP contribution in [0, 0.1) is 5.82 Å². The van der Waals surface area contributed by atoms with Crippen molar-refractivity contribution in [2.24, 2.45) is 0 Å². The number of benzene rings is 3. The highest BCUT2D eigenvalue weighted by molar-refractivity contribution is 6.09. The molecule has 3 aromatic rings. The van der Waals surface area contributed by atoms with Crippen LogP contribution >= 0.6 is 0 Å². The van der Waals surface area contributed by atoms with Crippen molar-refractivity contribution in [3.8, 4) is 11.5 Å². The molecule has 0 saturated carbocycles. The molecule has 28 heavy (non-hydrogen) atoms. The Morgan fingerprint density at radius 3 is 1.82 bits per heavy atom. The number of halogens is 1. The van der Waals surface area contributed by atoms with Crippen molar-refractivity contribution < 1.29 is 18.7 Å². The zero-order valence-corrected chi connectivity index (χ0v) is 15.6. The standard InChI is InChI=1S/C23H20FNO3/c1-27-20-11-5-17(6-12-20)23(26)15-22(16-3-7-18(24)8-4-16)25-19-9-13-21(28-2)14-10-19/h3-15,25H,1-2H3/b22-15-. The van der Waals surface area contributed by atoms with E-state index in [1.54, 1.807) is 50.6 Å². The van der Waals surface area contributed by atoms with Gasteiger partial charge < -0.3 is 14.8 Å². The third-order valence-electron chi connectivity index (χ3n) is 4.17. The maximum atomic E-state index is 13.3. The SMILES string of the molecule is COc1ccc(N/C(=C\C(=O)c2ccc(OC)cc2)c2ccc(F)cc2)cc1. The van der Waals surface area contributed by atoms with Crippen LogP contribution in [0.5, 0.6) is 11.5 Å². The second-order valence-electron chi connectivity index (χ2n) is 6.01. The molecule has 142 valence electrons. The number of hydrogen-bond acceptors (Lipinski definition) is 4. The number of ether oxygens (including phenoxy) is 2. The fraction of sp³-hybridized carbons (Fsp3) is 0.0870. The fourth-order valence-corrected chi connectivity index (χ4v) is 2.62. The van der Waals surface area contributed by atoms with Gasteiger partial charge in [0, 0.05) is 23.0 Å². The van der Waals surface area contributed by atoms with E-state index in [-0.39, 0.29) is 11.6 Å². The Balaban J connectivity index is 1.92. The predicted molar refractivity (Wildman–Crippen MR) is 108 cm³/mol. The summed E-state index contributed by atoms with van der Waals surface area (Å²) in [5.41, 5.74) is 2.56. The van der Waals surface area contributed by atoms with Crippen molar-refractivity contribution in [1.29, 1.82) is 0 Å². The van der Waals surface area contributed by atoms with Crippen LogP contribution in [0.1, 0.15) is 15.9 Å². The van der Waals surface area contributed by atoms with E-state index in [9.17, 15) is 9.18 Å². The molecule has 0 aliphatic heterocycles. The van der Waals surface area contributed by atoms with Crippen LogP contribution in [0.4, 0.5) is 10.1 Å². The van der Waals surface area contributed by atoms with Gasteiger partial charge >= 0.3 is 0 Å². The average Bonchev–Trinajstić information content (AvgIpc) is 2.74. The smallest absolute Gasteiger partial charge is 0.187 e. The molecule has 3 aromatic carbocycles. The highest BCUT2D eigenvalue weighted by Gasteiger charge is 2.09. The Morgan fingerprint density at radius 1 is 0.786 bits per heavy atom. The lowest BCUT2D eigenvalue weighted by molar-refractivity contribution is 0.104. The lowest BCUT2D eigenvalue weighted by Gasteiger charge is -2.12. The van der Waals surface area contributed by atoms with Gasteiger partial charge in [-0.15, -0.1) is 0 Å². The number of methoxy groups -OCH3 is 2. The summed E-state index contributed by atoms with van der Waals surface area (Å²) in [5, 5.41) is 3.23. The van der Waals surface area contributed by atoms with Crippen LogP contribution in [-0.2, 0) is 0 Å². The normalized spacial score (nSPS) is 11.0. The van der Waals surface area contributed by atoms with Crippen molar-refractivity contribution >= 4 is 17.2 Å². The number of carbonyl (C=O) groups is 1. The third-order valence-corrected chi connectivity index (χ3v) is 4.17. The summed E-state index contributed by atoms with van der Waals surface area (Å²) in [7, 11) is 3.17. The van der Waals surface area contributed by atoms with Gasteiger partial charge in [0.15, 0.2) is 5.78 Å². The number of anilines is 1. The molecule has 0 atom stereocenters. The van der Waals surface area contributed by atoms with Gasteiger partial charge in [0.25, 0.3) is 0 Å². The minimum absolute atomic E-state index is 0.178. The predicted octanol–water partition coefficient (Wildman–Crippen LogP) is 5.18. The molecular weight excluding hydrogens is 357 g/mol. The Kier molecular flexibility index (Phi) is 6.07. The first-order valence-electron chi connectivity index (χ1n) is 8.66. The number of carbonyl (C=O) groups excluding carboxylic acids is 1. The summed E-state index contributed by atoms with van der Waals surface area (Å²) >= 11 is 0. The quantitative estimate of drug-likeness (QED) is 0.455. The summed E-state index contributed by atoms with van der Waals surface area (Å²) in [5.74, 6) is 0.889. The van der Waals surface area contributed by atoms with Crippen LogP contribution in [0.25, 0.3) is 5.70 Å². The number of rotatable bonds is 7. The monoisotopic (exact) mass is 377 g/mol. The zero-order valence-electron chi connectivity index (χ0n) is 15.6. The van der Waals surface area contributed by atoms with Gasteiger partial charge in [-0.3, -0.25) is 4.79 Å². The third kappa shape index (κ3) is 4.76. The van der Waals surface area contributed by atoms with Gasteiger partial charge in [0.05, 0.1) is 14.2 Å². The molecule has 3 rings (SSSR count). The molecule has 0 saturated heterocycles. The van der Waals surface area contributed by atoms with Crippen LogP contribution in [0.3, 0.4) is 0 Å². The number of allylic oxidation sites excluding steroid dienone is 1. The van der Waals surface area contributed by atoms with E-state index in [0.717, 1.165) is 11.4 Å². The van der Waals surface area contributed by atoms with Gasteiger partial charge in [-0.2, -0.15) is 0 Å². The molecule has 4 nitrogen and oxygen atoms in total. The Morgan fingerprint density at radius 2 is 1.29 bits per heavy atom. The van der Waals surface area contributed by atoms with Gasteiger partial charge in [-0.1, -0.05) is 0 Å². The highest BCUT2D eigenvalue weighted by atomic mass is 19.1. The second kappa shape index (κ2) is 8.86. The van der Waals surface area contributed by atoms with E-state index in [0.29, 0.717) is 22.6 Å². The second-order valence-corrected chi connectivity index (χ2v) is 6.01. The van der Waals surface area contributed by atoms with Crippen molar-refractivity contribution in [2.45, 2.75) is 0 Å². The summed E-state index contributed by atoms with van der Waals surface area (Å²) in [6, 6.07) is 20.1. The molecule has 0 radical (unpaired) electrons. The first-order valence-corrected chi connectivity index (χ1v) is 8.66. The van der Waals surface area contributed by atoms with Gasteiger partial charge in [-0.05, 0) is 78.4 Å². The number of hydrogen-bond donors (Lipinski definition) is 1. The zero-order chi connectivity index (χ0) is 19.9. The largest absolute Gasteiger partial charge is 0.497 e. The maximum absolute atomic E-state index is 13.3. The molecule has 0 heterocycles. The van der Waals surface area contributed by atoms with E-state index in [2.05, 4.69) is 5.32 Å². The lowest BCUT2D eigenvalue weighted by atomic mass is 10.1. The molecule has 0 aliphatic rings. The van der Waals surface area contributed by atoms with Gasteiger partial charge in [-0.25, -0.2) is 4.39 Å². The average molecular weight is 377 g/mol. The van der Waals surface area contributed by atoms with Crippen LogP contribution < -0.4 is 14.8 Å². The van der Waals surface area contributed by atoms with Gasteiger partial charge in [0.1, 0.15) is 17.3 Å². The Bertz CT molecular complexity index is 962. The summed E-state index contributed by atoms with van der Waals surface area (Å²) in [6.45, 7) is 0.